The van der Waals surface area contributed by atoms with Crippen LogP contribution >= 0.6 is 0 Å². The summed E-state index contributed by atoms with van der Waals surface area (Å²) in [5.41, 5.74) is 0. The molecule has 0 aromatic rings. The highest BCUT2D eigenvalue weighted by molar-refractivity contribution is 5.71. The topological polar surface area (TPSA) is 78.9 Å². The normalized spacial score (nSPS) is 13.1. The molecule has 0 rings (SSSR count). The van der Waals surface area contributed by atoms with E-state index in [1.807, 2.05) is 72.9 Å². The summed E-state index contributed by atoms with van der Waals surface area (Å²) in [4.78, 5) is 38.0. The fourth-order valence-electron chi connectivity index (χ4n) is 6.70. The van der Waals surface area contributed by atoms with Crippen molar-refractivity contribution in [1.29, 1.82) is 0 Å². The number of allylic oxidation sites excluding steroid dienone is 20. The molecule has 0 aromatic heterocycles. The van der Waals surface area contributed by atoms with Gasteiger partial charge in [-0.1, -0.05) is 226 Å². The summed E-state index contributed by atoms with van der Waals surface area (Å²) < 4.78 is 16.7. The zero-order valence-corrected chi connectivity index (χ0v) is 41.7. The monoisotopic (exact) mass is 899 g/mol. The Morgan fingerprint density at radius 3 is 1.05 bits per heavy atom. The molecule has 6 heteroatoms. The zero-order valence-electron chi connectivity index (χ0n) is 41.7. The number of rotatable bonds is 45. The van der Waals surface area contributed by atoms with Gasteiger partial charge < -0.3 is 14.2 Å². The Kier molecular flexibility index (Phi) is 49.1. The maximum absolute atomic E-state index is 12.8. The number of ether oxygens (including phenoxy) is 3. The highest BCUT2D eigenvalue weighted by atomic mass is 16.6. The lowest BCUT2D eigenvalue weighted by Gasteiger charge is -2.18. The van der Waals surface area contributed by atoms with Crippen LogP contribution < -0.4 is 0 Å². The Morgan fingerprint density at radius 2 is 0.615 bits per heavy atom. The number of hydrogen-bond acceptors (Lipinski definition) is 6. The van der Waals surface area contributed by atoms with Gasteiger partial charge in [0.15, 0.2) is 6.10 Å². The van der Waals surface area contributed by atoms with E-state index in [-0.39, 0.29) is 37.5 Å². The highest BCUT2D eigenvalue weighted by Gasteiger charge is 2.19. The minimum absolute atomic E-state index is 0.112. The standard InChI is InChI=1S/C59H94O6/c1-4-7-10-13-16-19-22-25-27-29-30-31-33-34-37-40-43-46-49-52-58(61)64-55-56(54-63-57(60)51-48-45-42-39-36-24-21-18-15-12-9-6-3)65-59(62)53-50-47-44-41-38-35-32-28-26-23-20-17-14-11-8-5-2/h7,10,13,16,18-19,21-22,25,27-35,37-38,56H,4-6,8-9,11-12,14-15,17,20,23-24,26,36,39-55H2,1-3H3/b10-7-,16-13-,21-18-,22-19-,27-25-,30-29+,32-28-,33-31-,37-34-,38-35-. The van der Waals surface area contributed by atoms with Crippen LogP contribution in [0.5, 0.6) is 0 Å². The second-order valence-electron chi connectivity index (χ2n) is 16.9. The minimum Gasteiger partial charge on any atom is -0.462 e. The average Bonchev–Trinajstić information content (AvgIpc) is 3.30. The van der Waals surface area contributed by atoms with E-state index >= 15 is 0 Å². The number of esters is 3. The smallest absolute Gasteiger partial charge is 0.306 e. The lowest BCUT2D eigenvalue weighted by molar-refractivity contribution is -0.167. The predicted octanol–water partition coefficient (Wildman–Crippen LogP) is 17.3. The first-order chi connectivity index (χ1) is 32.0. The van der Waals surface area contributed by atoms with E-state index in [0.29, 0.717) is 12.8 Å². The lowest BCUT2D eigenvalue weighted by Crippen LogP contribution is -2.30. The first-order valence-electron chi connectivity index (χ1n) is 26.2. The minimum atomic E-state index is -0.817. The van der Waals surface area contributed by atoms with Crippen LogP contribution in [-0.4, -0.2) is 37.2 Å². The summed E-state index contributed by atoms with van der Waals surface area (Å²) in [6.07, 6.45) is 71.7. The van der Waals surface area contributed by atoms with E-state index in [2.05, 4.69) is 69.4 Å². The first-order valence-corrected chi connectivity index (χ1v) is 26.2. The van der Waals surface area contributed by atoms with Crippen LogP contribution in [0.15, 0.2) is 122 Å². The van der Waals surface area contributed by atoms with Gasteiger partial charge in [-0.15, -0.1) is 0 Å². The Morgan fingerprint density at radius 1 is 0.323 bits per heavy atom. The summed E-state index contributed by atoms with van der Waals surface area (Å²) in [6, 6.07) is 0. The fourth-order valence-corrected chi connectivity index (χ4v) is 6.70. The molecule has 0 fully saturated rings. The number of carbonyl (C=O) groups is 3. The molecule has 1 atom stereocenters. The van der Waals surface area contributed by atoms with Crippen LogP contribution in [0.1, 0.15) is 213 Å². The van der Waals surface area contributed by atoms with Crippen LogP contribution in [0.4, 0.5) is 0 Å². The average molecular weight is 899 g/mol. The van der Waals surface area contributed by atoms with Gasteiger partial charge in [0, 0.05) is 19.3 Å². The third-order valence-corrected chi connectivity index (χ3v) is 10.6. The van der Waals surface area contributed by atoms with Gasteiger partial charge in [-0.25, -0.2) is 0 Å². The molecule has 6 nitrogen and oxygen atoms in total. The molecule has 366 valence electrons. The molecular weight excluding hydrogens is 805 g/mol. The van der Waals surface area contributed by atoms with Crippen LogP contribution in [-0.2, 0) is 28.6 Å². The molecule has 0 aliphatic carbocycles. The van der Waals surface area contributed by atoms with Crippen molar-refractivity contribution >= 4 is 17.9 Å². The molecule has 1 unspecified atom stereocenters. The van der Waals surface area contributed by atoms with Crippen molar-refractivity contribution in [1.82, 2.24) is 0 Å². The van der Waals surface area contributed by atoms with Crippen LogP contribution in [0.2, 0.25) is 0 Å². The van der Waals surface area contributed by atoms with E-state index in [4.69, 9.17) is 14.2 Å². The molecule has 65 heavy (non-hydrogen) atoms. The maximum Gasteiger partial charge on any atom is 0.306 e. The largest absolute Gasteiger partial charge is 0.462 e. The third kappa shape index (κ3) is 50.7. The molecule has 0 aliphatic heterocycles. The van der Waals surface area contributed by atoms with E-state index < -0.39 is 6.10 Å². The lowest BCUT2D eigenvalue weighted by atomic mass is 10.1. The van der Waals surface area contributed by atoms with Crippen molar-refractivity contribution in [3.05, 3.63) is 122 Å². The van der Waals surface area contributed by atoms with Crippen LogP contribution in [0.3, 0.4) is 0 Å². The Labute approximate surface area is 399 Å². The van der Waals surface area contributed by atoms with Gasteiger partial charge in [0.1, 0.15) is 13.2 Å². The van der Waals surface area contributed by atoms with Crippen molar-refractivity contribution in [3.8, 4) is 0 Å². The highest BCUT2D eigenvalue weighted by Crippen LogP contribution is 2.13. The number of unbranched alkanes of at least 4 members (excludes halogenated alkanes) is 21. The Hall–Kier alpha value is -4.19. The summed E-state index contributed by atoms with van der Waals surface area (Å²) in [5, 5.41) is 0. The van der Waals surface area contributed by atoms with E-state index in [9.17, 15) is 14.4 Å². The molecule has 0 saturated heterocycles. The van der Waals surface area contributed by atoms with Gasteiger partial charge in [0.05, 0.1) is 0 Å². The van der Waals surface area contributed by atoms with Crippen molar-refractivity contribution in [2.75, 3.05) is 13.2 Å². The van der Waals surface area contributed by atoms with Gasteiger partial charge >= 0.3 is 17.9 Å². The van der Waals surface area contributed by atoms with Gasteiger partial charge in [-0.3, -0.25) is 14.4 Å². The van der Waals surface area contributed by atoms with E-state index in [1.165, 1.54) is 77.0 Å². The summed E-state index contributed by atoms with van der Waals surface area (Å²) >= 11 is 0. The summed E-state index contributed by atoms with van der Waals surface area (Å²) in [6.45, 7) is 6.38. The number of carbonyl (C=O) groups excluding carboxylic acids is 3. The molecule has 0 aliphatic rings. The molecule has 0 heterocycles. The molecule has 0 saturated carbocycles. The molecule has 0 aromatic carbocycles. The van der Waals surface area contributed by atoms with Crippen molar-refractivity contribution < 1.29 is 28.6 Å². The van der Waals surface area contributed by atoms with Crippen molar-refractivity contribution in [3.63, 3.8) is 0 Å². The maximum atomic E-state index is 12.8. The molecule has 0 N–H and O–H groups in total. The van der Waals surface area contributed by atoms with Crippen LogP contribution in [0.25, 0.3) is 0 Å². The van der Waals surface area contributed by atoms with Crippen molar-refractivity contribution in [2.24, 2.45) is 0 Å². The Bertz CT molecular complexity index is 1400. The quantitative estimate of drug-likeness (QED) is 0.0199. The zero-order chi connectivity index (χ0) is 47.2. The van der Waals surface area contributed by atoms with Gasteiger partial charge in [-0.05, 0) is 89.9 Å². The second kappa shape index (κ2) is 52.4. The van der Waals surface area contributed by atoms with Gasteiger partial charge in [-0.2, -0.15) is 0 Å². The predicted molar refractivity (Wildman–Crippen MR) is 279 cm³/mol. The molecule has 0 bridgehead atoms. The van der Waals surface area contributed by atoms with Gasteiger partial charge in [0.25, 0.3) is 0 Å². The second-order valence-corrected chi connectivity index (χ2v) is 16.9. The third-order valence-electron chi connectivity index (χ3n) is 10.6. The SMILES string of the molecule is CC\C=C/C=C\C=C/C=C\C=C\C=C/C=C\CCCCCC(=O)OCC(COC(=O)CCCCCCC/C=C\CCCCC)OC(=O)CCCCC/C=C\C=C/CCCCCCCCC. The van der Waals surface area contributed by atoms with Crippen LogP contribution in [0, 0.1) is 0 Å². The molecule has 0 amide bonds. The summed E-state index contributed by atoms with van der Waals surface area (Å²) in [7, 11) is 0. The number of hydrogen-bond donors (Lipinski definition) is 0. The Balaban J connectivity index is 4.56. The van der Waals surface area contributed by atoms with E-state index in [1.54, 1.807) is 0 Å². The first kappa shape index (κ1) is 60.8. The molecule has 0 spiro atoms. The fraction of sp³-hybridized carbons (Fsp3) is 0.610. The summed E-state index contributed by atoms with van der Waals surface area (Å²) in [5.74, 6) is -1.00. The van der Waals surface area contributed by atoms with Crippen molar-refractivity contribution in [2.45, 2.75) is 219 Å². The van der Waals surface area contributed by atoms with E-state index in [0.717, 1.165) is 96.3 Å². The van der Waals surface area contributed by atoms with Gasteiger partial charge in [0.2, 0.25) is 0 Å². The molecular formula is C59H94O6. The molecule has 0 radical (unpaired) electrons.